The third-order valence-corrected chi connectivity index (χ3v) is 10.6. The van der Waals surface area contributed by atoms with Crippen LogP contribution < -0.4 is 25.3 Å². The van der Waals surface area contributed by atoms with Crippen molar-refractivity contribution in [1.82, 2.24) is 10.3 Å². The predicted molar refractivity (Wildman–Crippen MR) is 192 cm³/mol. The van der Waals surface area contributed by atoms with Gasteiger partial charge >= 0.3 is 5.97 Å². The van der Waals surface area contributed by atoms with Crippen molar-refractivity contribution in [3.05, 3.63) is 65.4 Å². The Morgan fingerprint density at radius 3 is 2.45 bits per heavy atom. The number of ether oxygens (including phenoxy) is 4. The third kappa shape index (κ3) is 9.16. The summed E-state index contributed by atoms with van der Waals surface area (Å²) in [5.41, 5.74) is 7.62. The second-order valence-electron chi connectivity index (χ2n) is 13.9. The fraction of sp³-hybridized carbons (Fsp3) is 0.538. The number of nitrogens with one attached hydrogen (secondary N) is 1. The van der Waals surface area contributed by atoms with Gasteiger partial charge in [0.15, 0.2) is 23.0 Å². The topological polar surface area (TPSA) is 186 Å². The standard InChI is InChI=1S/C39H53N3O9/c1-4-41-30(29(16-25-12-15-42-36(40)18-25)39(38(46)47)13-6-5-7-14-39)23-50-35-20-26(19-34(49-3)37(35)45)32-22-27(43)21-28(51-32)10-8-24-9-11-31(44)33(17-24)48-2/h9,11-12,15,17-20,27-30,32,41,43-45H,4-8,10,13-14,16,21-23H2,1-3H3,(H2,40,42)(H,46,47)/t27-,28-,29-,30+,32-/m0/s1. The first-order valence-electron chi connectivity index (χ1n) is 18.0. The van der Waals surface area contributed by atoms with Crippen molar-refractivity contribution in [2.75, 3.05) is 33.1 Å². The number of carboxylic acid groups (broad SMARTS) is 1. The molecule has 1 aliphatic carbocycles. The zero-order valence-corrected chi connectivity index (χ0v) is 29.8. The van der Waals surface area contributed by atoms with Gasteiger partial charge in [-0.1, -0.05) is 32.3 Å². The molecule has 3 aromatic rings. The number of phenols is 2. The van der Waals surface area contributed by atoms with E-state index in [9.17, 15) is 25.2 Å². The number of methoxy groups -OCH3 is 2. The van der Waals surface area contributed by atoms with Crippen molar-refractivity contribution in [2.45, 2.75) is 95.5 Å². The smallest absolute Gasteiger partial charge is 0.309 e. The van der Waals surface area contributed by atoms with Crippen molar-refractivity contribution in [2.24, 2.45) is 11.3 Å². The molecule has 0 bridgehead atoms. The molecule has 278 valence electrons. The van der Waals surface area contributed by atoms with E-state index in [0.717, 1.165) is 30.4 Å². The highest BCUT2D eigenvalue weighted by molar-refractivity contribution is 5.75. The van der Waals surface area contributed by atoms with Gasteiger partial charge < -0.3 is 50.4 Å². The molecule has 7 N–H and O–H groups in total. The largest absolute Gasteiger partial charge is 0.504 e. The number of aryl methyl sites for hydroxylation is 1. The lowest BCUT2D eigenvalue weighted by atomic mass is 9.62. The van der Waals surface area contributed by atoms with Crippen molar-refractivity contribution >= 4 is 11.8 Å². The highest BCUT2D eigenvalue weighted by Gasteiger charge is 2.49. The van der Waals surface area contributed by atoms with Crippen LogP contribution in [0.25, 0.3) is 0 Å². The fourth-order valence-electron chi connectivity index (χ4n) is 7.93. The van der Waals surface area contributed by atoms with Gasteiger partial charge in [0.2, 0.25) is 5.75 Å². The molecule has 0 radical (unpaired) electrons. The third-order valence-electron chi connectivity index (χ3n) is 10.6. The van der Waals surface area contributed by atoms with E-state index in [1.807, 2.05) is 19.1 Å². The molecule has 12 heteroatoms. The molecule has 2 aromatic carbocycles. The zero-order chi connectivity index (χ0) is 36.5. The maximum Gasteiger partial charge on any atom is 0.309 e. The van der Waals surface area contributed by atoms with Crippen LogP contribution in [0.1, 0.15) is 81.1 Å². The van der Waals surface area contributed by atoms with Crippen LogP contribution in [0, 0.1) is 11.3 Å². The molecular weight excluding hydrogens is 654 g/mol. The molecule has 0 spiro atoms. The number of carbonyl (C=O) groups is 1. The molecule has 51 heavy (non-hydrogen) atoms. The Bertz CT molecular complexity index is 1610. The second kappa shape index (κ2) is 17.3. The summed E-state index contributed by atoms with van der Waals surface area (Å²) in [6.07, 6.45) is 6.68. The molecular formula is C39H53N3O9. The number of aromatic nitrogens is 1. The molecule has 1 aliphatic heterocycles. The number of aliphatic hydroxyl groups excluding tert-OH is 1. The zero-order valence-electron chi connectivity index (χ0n) is 29.8. The molecule has 2 aliphatic rings. The predicted octanol–water partition coefficient (Wildman–Crippen LogP) is 5.56. The Morgan fingerprint density at radius 1 is 1.02 bits per heavy atom. The number of benzene rings is 2. The number of aliphatic hydroxyl groups is 1. The van der Waals surface area contributed by atoms with Gasteiger partial charge in [-0.15, -0.1) is 0 Å². The molecule has 5 rings (SSSR count). The SMILES string of the molecule is CCN[C@H](COc1cc([C@@H]2C[C@@H](O)C[C@H](CCc3ccc(O)c(OC)c3)O2)cc(OC)c1O)[C@H](Cc1ccnc(N)c1)C1(C(=O)O)CCCCC1. The number of nitrogens with two attached hydrogens (primary N) is 1. The van der Waals surface area contributed by atoms with E-state index in [4.69, 9.17) is 24.7 Å². The van der Waals surface area contributed by atoms with E-state index < -0.39 is 23.6 Å². The van der Waals surface area contributed by atoms with Crippen molar-refractivity contribution in [1.29, 1.82) is 0 Å². The summed E-state index contributed by atoms with van der Waals surface area (Å²) in [4.78, 5) is 17.3. The first kappa shape index (κ1) is 38.0. The van der Waals surface area contributed by atoms with Gasteiger partial charge in [0.1, 0.15) is 12.4 Å². The van der Waals surface area contributed by atoms with E-state index in [1.54, 1.807) is 36.5 Å². The molecule has 2 heterocycles. The number of aliphatic carboxylic acids is 1. The maximum atomic E-state index is 13.1. The molecule has 5 atom stereocenters. The Kier molecular flexibility index (Phi) is 12.9. The number of nitrogens with zero attached hydrogens (tertiary/aromatic N) is 1. The van der Waals surface area contributed by atoms with E-state index in [2.05, 4.69) is 10.3 Å². The number of carboxylic acids is 1. The Hall–Kier alpha value is -4.26. The summed E-state index contributed by atoms with van der Waals surface area (Å²) in [5, 5.41) is 46.3. The number of likely N-dealkylation sites (N-methyl/N-ethyl adjacent to an activating group) is 1. The first-order valence-corrected chi connectivity index (χ1v) is 18.0. The Morgan fingerprint density at radius 2 is 1.76 bits per heavy atom. The summed E-state index contributed by atoms with van der Waals surface area (Å²) in [6.45, 7) is 2.64. The number of anilines is 1. The molecule has 0 unspecified atom stereocenters. The van der Waals surface area contributed by atoms with Crippen LogP contribution in [-0.4, -0.2) is 77.0 Å². The number of phenolic OH excluding ortho intramolecular Hbond substituents is 2. The minimum Gasteiger partial charge on any atom is -0.504 e. The van der Waals surface area contributed by atoms with Gasteiger partial charge in [-0.05, 0) is 104 Å². The van der Waals surface area contributed by atoms with E-state index in [0.29, 0.717) is 68.6 Å². The number of pyridine rings is 1. The normalized spacial score (nSPS) is 21.4. The summed E-state index contributed by atoms with van der Waals surface area (Å²) in [5.74, 6) is -0.0874. The van der Waals surface area contributed by atoms with Gasteiger partial charge in [0.25, 0.3) is 0 Å². The minimum absolute atomic E-state index is 0.0755. The van der Waals surface area contributed by atoms with E-state index >= 15 is 0 Å². The van der Waals surface area contributed by atoms with E-state index in [1.165, 1.54) is 14.2 Å². The molecule has 2 fully saturated rings. The van der Waals surface area contributed by atoms with Crippen LogP contribution in [0.3, 0.4) is 0 Å². The Labute approximate surface area is 299 Å². The van der Waals surface area contributed by atoms with Crippen molar-refractivity contribution in [3.63, 3.8) is 0 Å². The summed E-state index contributed by atoms with van der Waals surface area (Å²) in [6, 6.07) is 11.9. The van der Waals surface area contributed by atoms with Crippen LogP contribution in [0.5, 0.6) is 28.7 Å². The lowest BCUT2D eigenvalue weighted by Crippen LogP contribution is -2.53. The van der Waals surface area contributed by atoms with Crippen LogP contribution in [-0.2, 0) is 22.4 Å². The average Bonchev–Trinajstić information content (AvgIpc) is 3.12. The van der Waals surface area contributed by atoms with Gasteiger partial charge in [-0.25, -0.2) is 4.98 Å². The highest BCUT2D eigenvalue weighted by Crippen LogP contribution is 2.47. The average molecular weight is 708 g/mol. The summed E-state index contributed by atoms with van der Waals surface area (Å²) < 4.78 is 23.7. The molecule has 1 aromatic heterocycles. The highest BCUT2D eigenvalue weighted by atomic mass is 16.5. The van der Waals surface area contributed by atoms with Crippen molar-refractivity contribution in [3.8, 4) is 28.7 Å². The lowest BCUT2D eigenvalue weighted by Gasteiger charge is -2.44. The minimum atomic E-state index is -0.972. The van der Waals surface area contributed by atoms with Gasteiger partial charge in [-0.3, -0.25) is 4.79 Å². The number of aromatic hydroxyl groups is 2. The van der Waals surface area contributed by atoms with Crippen LogP contribution in [0.2, 0.25) is 0 Å². The van der Waals surface area contributed by atoms with E-state index in [-0.39, 0.29) is 47.7 Å². The molecule has 1 saturated heterocycles. The quantitative estimate of drug-likeness (QED) is 0.109. The summed E-state index contributed by atoms with van der Waals surface area (Å²) >= 11 is 0. The maximum absolute atomic E-state index is 13.1. The molecule has 1 saturated carbocycles. The monoisotopic (exact) mass is 707 g/mol. The molecule has 12 nitrogen and oxygen atoms in total. The van der Waals surface area contributed by atoms with Gasteiger partial charge in [0, 0.05) is 18.7 Å². The fourth-order valence-corrected chi connectivity index (χ4v) is 7.93. The first-order chi connectivity index (χ1) is 24.6. The van der Waals surface area contributed by atoms with Crippen LogP contribution in [0.15, 0.2) is 48.7 Å². The van der Waals surface area contributed by atoms with Gasteiger partial charge in [-0.2, -0.15) is 0 Å². The van der Waals surface area contributed by atoms with Gasteiger partial charge in [0.05, 0.1) is 37.9 Å². The number of hydrogen-bond acceptors (Lipinski definition) is 11. The number of nitrogen functional groups attached to an aromatic ring is 1. The summed E-state index contributed by atoms with van der Waals surface area (Å²) in [7, 11) is 2.97. The van der Waals surface area contributed by atoms with Crippen LogP contribution >= 0.6 is 0 Å². The van der Waals surface area contributed by atoms with Crippen molar-refractivity contribution < 1.29 is 44.2 Å². The number of rotatable bonds is 16. The molecule has 0 amide bonds. The lowest BCUT2D eigenvalue weighted by molar-refractivity contribution is -0.157. The Balaban J connectivity index is 1.38. The second-order valence-corrected chi connectivity index (χ2v) is 13.9. The number of hydrogen-bond donors (Lipinski definition) is 6. The van der Waals surface area contributed by atoms with Crippen LogP contribution in [0.4, 0.5) is 5.82 Å².